The molecule has 0 aromatic rings. The van der Waals surface area contributed by atoms with Crippen LogP contribution in [0.2, 0.25) is 0 Å². The Kier molecular flexibility index (Phi) is 6.61. The van der Waals surface area contributed by atoms with Crippen molar-refractivity contribution in [2.24, 2.45) is 0 Å². The van der Waals surface area contributed by atoms with Gasteiger partial charge in [-0.05, 0) is 27.2 Å². The molecule has 0 aliphatic rings. The van der Waals surface area contributed by atoms with E-state index in [0.717, 1.165) is 12.8 Å². The Labute approximate surface area is 103 Å². The van der Waals surface area contributed by atoms with E-state index in [9.17, 15) is 9.59 Å². The van der Waals surface area contributed by atoms with Crippen LogP contribution in [0.5, 0.6) is 0 Å². The Hall–Kier alpha value is -1.26. The van der Waals surface area contributed by atoms with Crippen LogP contribution in [0.4, 0.5) is 4.79 Å². The molecule has 0 saturated heterocycles. The molecule has 0 unspecified atom stereocenters. The van der Waals surface area contributed by atoms with Crippen molar-refractivity contribution in [2.45, 2.75) is 58.6 Å². The number of hydrogen-bond donors (Lipinski definition) is 1. The van der Waals surface area contributed by atoms with E-state index >= 15 is 0 Å². The van der Waals surface area contributed by atoms with E-state index in [1.807, 2.05) is 6.92 Å². The minimum Gasteiger partial charge on any atom is -0.467 e. The minimum atomic E-state index is -0.630. The molecule has 0 aliphatic carbocycles. The molecule has 0 rings (SSSR count). The van der Waals surface area contributed by atoms with E-state index in [2.05, 4.69) is 10.1 Å². The van der Waals surface area contributed by atoms with Crippen molar-refractivity contribution in [1.82, 2.24) is 5.32 Å². The maximum absolute atomic E-state index is 11.5. The number of amides is 1. The Balaban J connectivity index is 4.32. The predicted octanol–water partition coefficient (Wildman–Crippen LogP) is 2.24. The van der Waals surface area contributed by atoms with E-state index < -0.39 is 23.7 Å². The normalized spacial score (nSPS) is 12.8. The third kappa shape index (κ3) is 7.60. The van der Waals surface area contributed by atoms with Crippen molar-refractivity contribution in [3.8, 4) is 0 Å². The van der Waals surface area contributed by atoms with Crippen molar-refractivity contribution < 1.29 is 19.1 Å². The SMILES string of the molecule is CCCC[C@H](NC(=O)OC(C)(C)C)C(=O)OC. The summed E-state index contributed by atoms with van der Waals surface area (Å²) in [5, 5.41) is 2.52. The second-order valence-corrected chi connectivity index (χ2v) is 4.86. The van der Waals surface area contributed by atoms with Crippen LogP contribution < -0.4 is 5.32 Å². The van der Waals surface area contributed by atoms with Crippen LogP contribution in [0.15, 0.2) is 0 Å². The third-order valence-corrected chi connectivity index (χ3v) is 2.02. The molecule has 1 N–H and O–H groups in total. The van der Waals surface area contributed by atoms with Gasteiger partial charge in [0.2, 0.25) is 0 Å². The van der Waals surface area contributed by atoms with Gasteiger partial charge in [0.25, 0.3) is 0 Å². The van der Waals surface area contributed by atoms with E-state index in [1.54, 1.807) is 20.8 Å². The summed E-state index contributed by atoms with van der Waals surface area (Å²) in [6.45, 7) is 7.32. The number of unbranched alkanes of at least 4 members (excludes halogenated alkanes) is 1. The summed E-state index contributed by atoms with van der Waals surface area (Å²) in [7, 11) is 1.30. The van der Waals surface area contributed by atoms with Gasteiger partial charge in [-0.15, -0.1) is 0 Å². The molecule has 100 valence electrons. The van der Waals surface area contributed by atoms with E-state index in [-0.39, 0.29) is 0 Å². The maximum Gasteiger partial charge on any atom is 0.408 e. The van der Waals surface area contributed by atoms with Gasteiger partial charge in [-0.25, -0.2) is 9.59 Å². The zero-order chi connectivity index (χ0) is 13.5. The van der Waals surface area contributed by atoms with Crippen molar-refractivity contribution in [2.75, 3.05) is 7.11 Å². The molecule has 0 heterocycles. The lowest BCUT2D eigenvalue weighted by molar-refractivity contribution is -0.143. The quantitative estimate of drug-likeness (QED) is 0.754. The lowest BCUT2D eigenvalue weighted by Gasteiger charge is -2.22. The van der Waals surface area contributed by atoms with Crippen LogP contribution in [-0.4, -0.2) is 30.8 Å². The van der Waals surface area contributed by atoms with E-state index in [1.165, 1.54) is 7.11 Å². The molecule has 0 spiro atoms. The molecule has 5 heteroatoms. The van der Waals surface area contributed by atoms with Crippen molar-refractivity contribution in [1.29, 1.82) is 0 Å². The summed E-state index contributed by atoms with van der Waals surface area (Å²) in [6.07, 6.45) is 1.76. The number of carbonyl (C=O) groups excluding carboxylic acids is 2. The summed E-state index contributed by atoms with van der Waals surface area (Å²) in [5.41, 5.74) is -0.574. The van der Waals surface area contributed by atoms with Crippen LogP contribution in [0, 0.1) is 0 Å². The van der Waals surface area contributed by atoms with Crippen LogP contribution >= 0.6 is 0 Å². The molecule has 17 heavy (non-hydrogen) atoms. The fourth-order valence-electron chi connectivity index (χ4n) is 1.25. The predicted molar refractivity (Wildman–Crippen MR) is 64.7 cm³/mol. The highest BCUT2D eigenvalue weighted by Gasteiger charge is 2.24. The lowest BCUT2D eigenvalue weighted by Crippen LogP contribution is -2.43. The molecule has 0 saturated carbocycles. The highest BCUT2D eigenvalue weighted by Crippen LogP contribution is 2.08. The van der Waals surface area contributed by atoms with Gasteiger partial charge in [0.1, 0.15) is 11.6 Å². The van der Waals surface area contributed by atoms with Crippen LogP contribution in [-0.2, 0) is 14.3 Å². The second-order valence-electron chi connectivity index (χ2n) is 4.86. The molecule has 5 nitrogen and oxygen atoms in total. The number of alkyl carbamates (subject to hydrolysis) is 1. The van der Waals surface area contributed by atoms with Gasteiger partial charge < -0.3 is 14.8 Å². The van der Waals surface area contributed by atoms with Gasteiger partial charge in [-0.1, -0.05) is 19.8 Å². The van der Waals surface area contributed by atoms with Crippen molar-refractivity contribution in [3.63, 3.8) is 0 Å². The molecular weight excluding hydrogens is 222 g/mol. The molecule has 0 fully saturated rings. The van der Waals surface area contributed by atoms with Gasteiger partial charge in [-0.3, -0.25) is 0 Å². The van der Waals surface area contributed by atoms with Gasteiger partial charge in [0.15, 0.2) is 0 Å². The Morgan fingerprint density at radius 3 is 2.29 bits per heavy atom. The van der Waals surface area contributed by atoms with Crippen LogP contribution in [0.3, 0.4) is 0 Å². The molecule has 0 aromatic carbocycles. The Morgan fingerprint density at radius 2 is 1.88 bits per heavy atom. The number of esters is 1. The largest absolute Gasteiger partial charge is 0.467 e. The first-order valence-corrected chi connectivity index (χ1v) is 5.87. The summed E-state index contributed by atoms with van der Waals surface area (Å²) in [4.78, 5) is 22.9. The van der Waals surface area contributed by atoms with Crippen LogP contribution in [0.1, 0.15) is 47.0 Å². The number of ether oxygens (including phenoxy) is 2. The zero-order valence-corrected chi connectivity index (χ0v) is 11.3. The standard InChI is InChI=1S/C12H23NO4/c1-6-7-8-9(10(14)16-5)13-11(15)17-12(2,3)4/h9H,6-8H2,1-5H3,(H,13,15)/t9-/m0/s1. The molecule has 0 aromatic heterocycles. The molecular formula is C12H23NO4. The monoisotopic (exact) mass is 245 g/mol. The smallest absolute Gasteiger partial charge is 0.408 e. The minimum absolute atomic E-state index is 0.440. The first-order valence-electron chi connectivity index (χ1n) is 5.87. The van der Waals surface area contributed by atoms with E-state index in [0.29, 0.717) is 6.42 Å². The first kappa shape index (κ1) is 15.7. The molecule has 1 amide bonds. The summed E-state index contributed by atoms with van der Waals surface area (Å²) < 4.78 is 9.72. The Morgan fingerprint density at radius 1 is 1.29 bits per heavy atom. The third-order valence-electron chi connectivity index (χ3n) is 2.02. The van der Waals surface area contributed by atoms with Crippen LogP contribution in [0.25, 0.3) is 0 Å². The topological polar surface area (TPSA) is 64.6 Å². The fraction of sp³-hybridized carbons (Fsp3) is 0.833. The highest BCUT2D eigenvalue weighted by molar-refractivity contribution is 5.81. The number of carbonyl (C=O) groups is 2. The summed E-state index contributed by atoms with van der Waals surface area (Å²) >= 11 is 0. The highest BCUT2D eigenvalue weighted by atomic mass is 16.6. The van der Waals surface area contributed by atoms with Gasteiger partial charge in [0.05, 0.1) is 7.11 Å². The number of methoxy groups -OCH3 is 1. The van der Waals surface area contributed by atoms with Crippen molar-refractivity contribution >= 4 is 12.1 Å². The number of hydrogen-bond acceptors (Lipinski definition) is 4. The average Bonchev–Trinajstić information content (AvgIpc) is 2.20. The number of rotatable bonds is 5. The van der Waals surface area contributed by atoms with Crippen molar-refractivity contribution in [3.05, 3.63) is 0 Å². The molecule has 0 radical (unpaired) electrons. The average molecular weight is 245 g/mol. The molecule has 0 aliphatic heterocycles. The maximum atomic E-state index is 11.5. The lowest BCUT2D eigenvalue weighted by atomic mass is 10.1. The van der Waals surface area contributed by atoms with Gasteiger partial charge >= 0.3 is 12.1 Å². The first-order chi connectivity index (χ1) is 7.80. The summed E-state index contributed by atoms with van der Waals surface area (Å²) in [6, 6.07) is -0.630. The Bertz CT molecular complexity index is 258. The number of nitrogens with one attached hydrogen (secondary N) is 1. The second kappa shape index (κ2) is 7.14. The van der Waals surface area contributed by atoms with Gasteiger partial charge in [0, 0.05) is 0 Å². The zero-order valence-electron chi connectivity index (χ0n) is 11.3. The molecule has 0 bridgehead atoms. The fourth-order valence-corrected chi connectivity index (χ4v) is 1.25. The summed E-state index contributed by atoms with van der Waals surface area (Å²) in [5.74, 6) is -0.440. The molecule has 1 atom stereocenters. The van der Waals surface area contributed by atoms with Gasteiger partial charge in [-0.2, -0.15) is 0 Å². The van der Waals surface area contributed by atoms with E-state index in [4.69, 9.17) is 4.74 Å².